The molecule has 0 radical (unpaired) electrons. The van der Waals surface area contributed by atoms with E-state index in [2.05, 4.69) is 15.0 Å². The molecule has 0 atom stereocenters. The monoisotopic (exact) mass is 306 g/mol. The van der Waals surface area contributed by atoms with E-state index in [1.54, 1.807) is 39.5 Å². The van der Waals surface area contributed by atoms with Crippen LogP contribution >= 0.6 is 11.3 Å². The Labute approximate surface area is 127 Å². The first-order chi connectivity index (χ1) is 9.85. The molecule has 2 aromatic heterocycles. The van der Waals surface area contributed by atoms with Crippen LogP contribution in [0.4, 0.5) is 0 Å². The first-order valence-electron chi connectivity index (χ1n) is 6.52. The lowest BCUT2D eigenvalue weighted by molar-refractivity contribution is -0.131. The summed E-state index contributed by atoms with van der Waals surface area (Å²) >= 11 is 1.44. The molecule has 1 N–H and O–H groups in total. The third kappa shape index (κ3) is 4.57. The van der Waals surface area contributed by atoms with Crippen LogP contribution in [0.2, 0.25) is 0 Å². The van der Waals surface area contributed by atoms with Crippen LogP contribution in [0, 0.1) is 0 Å². The Morgan fingerprint density at radius 3 is 2.81 bits per heavy atom. The van der Waals surface area contributed by atoms with E-state index >= 15 is 0 Å². The molecule has 0 fully saturated rings. The number of carbonyl (C=O) groups excluding carboxylic acids is 1. The number of rotatable bonds is 5. The Morgan fingerprint density at radius 2 is 2.19 bits per heavy atom. The van der Waals surface area contributed by atoms with Gasteiger partial charge in [0, 0.05) is 31.4 Å². The highest BCUT2D eigenvalue weighted by molar-refractivity contribution is 7.13. The highest BCUT2D eigenvalue weighted by Gasteiger charge is 2.20. The van der Waals surface area contributed by atoms with Gasteiger partial charge in [0.15, 0.2) is 0 Å². The van der Waals surface area contributed by atoms with Crippen molar-refractivity contribution >= 4 is 17.2 Å². The number of hydrogen-bond acceptors (Lipinski definition) is 6. The average molecular weight is 306 g/mol. The van der Waals surface area contributed by atoms with Crippen molar-refractivity contribution in [3.8, 4) is 10.7 Å². The van der Waals surface area contributed by atoms with Crippen LogP contribution < -0.4 is 0 Å². The van der Waals surface area contributed by atoms with Gasteiger partial charge in [-0.2, -0.15) is 0 Å². The number of nitrogens with zero attached hydrogens (tertiary/aromatic N) is 4. The standard InChI is InChI=1S/C14H18N4O2S/c1-14(2,20)9-18(3)12(19)6-10-8-21-13(17-10)11-7-15-4-5-16-11/h4-5,7-8,20H,6,9H2,1-3H3. The normalized spacial score (nSPS) is 11.4. The second kappa shape index (κ2) is 6.28. The molecular formula is C14H18N4O2S. The third-order valence-corrected chi connectivity index (χ3v) is 3.63. The maximum Gasteiger partial charge on any atom is 0.228 e. The minimum absolute atomic E-state index is 0.0758. The number of aliphatic hydroxyl groups is 1. The third-order valence-electron chi connectivity index (χ3n) is 2.72. The summed E-state index contributed by atoms with van der Waals surface area (Å²) in [6, 6.07) is 0. The van der Waals surface area contributed by atoms with E-state index < -0.39 is 5.60 Å². The lowest BCUT2D eigenvalue weighted by Crippen LogP contribution is -2.40. The minimum atomic E-state index is -0.905. The molecule has 6 nitrogen and oxygen atoms in total. The lowest BCUT2D eigenvalue weighted by atomic mass is 10.1. The van der Waals surface area contributed by atoms with Crippen molar-refractivity contribution in [3.63, 3.8) is 0 Å². The highest BCUT2D eigenvalue weighted by Crippen LogP contribution is 2.21. The number of thiazole rings is 1. The second-order valence-electron chi connectivity index (χ2n) is 5.47. The molecule has 0 aromatic carbocycles. The molecule has 0 aliphatic carbocycles. The van der Waals surface area contributed by atoms with Crippen LogP contribution in [0.5, 0.6) is 0 Å². The van der Waals surface area contributed by atoms with Crippen molar-refractivity contribution in [1.29, 1.82) is 0 Å². The van der Waals surface area contributed by atoms with Crippen molar-refractivity contribution in [2.24, 2.45) is 0 Å². The zero-order valence-electron chi connectivity index (χ0n) is 12.3. The van der Waals surface area contributed by atoms with Gasteiger partial charge in [0.25, 0.3) is 0 Å². The van der Waals surface area contributed by atoms with Gasteiger partial charge < -0.3 is 10.0 Å². The van der Waals surface area contributed by atoms with E-state index in [1.807, 2.05) is 5.38 Å². The van der Waals surface area contributed by atoms with Gasteiger partial charge >= 0.3 is 0 Å². The molecule has 0 saturated heterocycles. The van der Waals surface area contributed by atoms with E-state index in [-0.39, 0.29) is 18.9 Å². The summed E-state index contributed by atoms with van der Waals surface area (Å²) in [6.45, 7) is 3.63. The molecule has 0 unspecified atom stereocenters. The topological polar surface area (TPSA) is 79.2 Å². The van der Waals surface area contributed by atoms with Gasteiger partial charge in [-0.25, -0.2) is 4.98 Å². The predicted octanol–water partition coefficient (Wildman–Crippen LogP) is 1.37. The van der Waals surface area contributed by atoms with Crippen LogP contribution in [0.15, 0.2) is 24.0 Å². The van der Waals surface area contributed by atoms with Gasteiger partial charge in [0.1, 0.15) is 10.7 Å². The number of amides is 1. The molecule has 2 heterocycles. The van der Waals surface area contributed by atoms with Gasteiger partial charge in [0.2, 0.25) is 5.91 Å². The van der Waals surface area contributed by atoms with Gasteiger partial charge in [-0.3, -0.25) is 14.8 Å². The zero-order chi connectivity index (χ0) is 15.5. The Hall–Kier alpha value is -1.86. The minimum Gasteiger partial charge on any atom is -0.389 e. The molecule has 0 aliphatic heterocycles. The number of likely N-dealkylation sites (N-methyl/N-ethyl adjacent to an activating group) is 1. The second-order valence-corrected chi connectivity index (χ2v) is 6.33. The number of carbonyl (C=O) groups is 1. The summed E-state index contributed by atoms with van der Waals surface area (Å²) in [7, 11) is 1.68. The van der Waals surface area contributed by atoms with E-state index in [1.165, 1.54) is 16.2 Å². The summed E-state index contributed by atoms with van der Waals surface area (Å²) in [5.41, 5.74) is 0.497. The summed E-state index contributed by atoms with van der Waals surface area (Å²) in [5, 5.41) is 12.3. The predicted molar refractivity (Wildman–Crippen MR) is 80.8 cm³/mol. The van der Waals surface area contributed by atoms with Crippen molar-refractivity contribution in [2.75, 3.05) is 13.6 Å². The first-order valence-corrected chi connectivity index (χ1v) is 7.40. The van der Waals surface area contributed by atoms with Gasteiger partial charge in [0.05, 0.1) is 23.9 Å². The van der Waals surface area contributed by atoms with Gasteiger partial charge in [-0.15, -0.1) is 11.3 Å². The van der Waals surface area contributed by atoms with Gasteiger partial charge in [-0.1, -0.05) is 0 Å². The van der Waals surface area contributed by atoms with Crippen molar-refractivity contribution in [3.05, 3.63) is 29.7 Å². The summed E-state index contributed by atoms with van der Waals surface area (Å²) in [6.07, 6.45) is 5.07. The molecule has 2 rings (SSSR count). The highest BCUT2D eigenvalue weighted by atomic mass is 32.1. The maximum absolute atomic E-state index is 12.1. The largest absolute Gasteiger partial charge is 0.389 e. The van der Waals surface area contributed by atoms with Gasteiger partial charge in [-0.05, 0) is 13.8 Å². The van der Waals surface area contributed by atoms with Crippen molar-refractivity contribution in [1.82, 2.24) is 19.9 Å². The molecular weight excluding hydrogens is 288 g/mol. The fraction of sp³-hybridized carbons (Fsp3) is 0.429. The average Bonchev–Trinajstić information content (AvgIpc) is 2.86. The van der Waals surface area contributed by atoms with Crippen LogP contribution in [-0.4, -0.2) is 50.1 Å². The molecule has 0 spiro atoms. The Balaban J connectivity index is 2.01. The lowest BCUT2D eigenvalue weighted by Gasteiger charge is -2.25. The van der Waals surface area contributed by atoms with Crippen molar-refractivity contribution in [2.45, 2.75) is 25.9 Å². The molecule has 0 bridgehead atoms. The quantitative estimate of drug-likeness (QED) is 0.902. The van der Waals surface area contributed by atoms with E-state index in [9.17, 15) is 9.90 Å². The van der Waals surface area contributed by atoms with E-state index in [0.717, 1.165) is 5.01 Å². The molecule has 0 saturated carbocycles. The molecule has 0 aliphatic rings. The van der Waals surface area contributed by atoms with Crippen LogP contribution in [-0.2, 0) is 11.2 Å². The fourth-order valence-electron chi connectivity index (χ4n) is 1.87. The van der Waals surface area contributed by atoms with Crippen LogP contribution in [0.3, 0.4) is 0 Å². The molecule has 112 valence electrons. The Kier molecular flexibility index (Phi) is 4.64. The Morgan fingerprint density at radius 1 is 1.43 bits per heavy atom. The summed E-state index contributed by atoms with van der Waals surface area (Å²) < 4.78 is 0. The Bertz CT molecular complexity index is 607. The fourth-order valence-corrected chi connectivity index (χ4v) is 2.65. The van der Waals surface area contributed by atoms with Crippen molar-refractivity contribution < 1.29 is 9.90 Å². The smallest absolute Gasteiger partial charge is 0.228 e. The van der Waals surface area contributed by atoms with E-state index in [0.29, 0.717) is 11.4 Å². The summed E-state index contributed by atoms with van der Waals surface area (Å²) in [4.78, 5) is 26.2. The van der Waals surface area contributed by atoms with Crippen LogP contribution in [0.1, 0.15) is 19.5 Å². The molecule has 2 aromatic rings. The van der Waals surface area contributed by atoms with E-state index in [4.69, 9.17) is 0 Å². The maximum atomic E-state index is 12.1. The molecule has 7 heteroatoms. The SMILES string of the molecule is CN(CC(C)(C)O)C(=O)Cc1csc(-c2cnccn2)n1. The summed E-state index contributed by atoms with van der Waals surface area (Å²) in [5.74, 6) is -0.0758. The number of hydrogen-bond donors (Lipinski definition) is 1. The van der Waals surface area contributed by atoms with Crippen LogP contribution in [0.25, 0.3) is 10.7 Å². The zero-order valence-corrected chi connectivity index (χ0v) is 13.1. The molecule has 1 amide bonds. The first kappa shape index (κ1) is 15.5. The number of aromatic nitrogens is 3. The molecule has 21 heavy (non-hydrogen) atoms.